The molecule has 3 rings (SSSR count). The van der Waals surface area contributed by atoms with Crippen LogP contribution in [0.3, 0.4) is 0 Å². The van der Waals surface area contributed by atoms with Gasteiger partial charge in [-0.1, -0.05) is 88.7 Å². The molecule has 0 radical (unpaired) electrons. The van der Waals surface area contributed by atoms with Crippen molar-refractivity contribution in [1.29, 1.82) is 0 Å². The summed E-state index contributed by atoms with van der Waals surface area (Å²) in [7, 11) is 0. The summed E-state index contributed by atoms with van der Waals surface area (Å²) in [4.78, 5) is 12.4. The van der Waals surface area contributed by atoms with Crippen molar-refractivity contribution in [3.63, 3.8) is 0 Å². The molecule has 0 N–H and O–H groups in total. The summed E-state index contributed by atoms with van der Waals surface area (Å²) < 4.78 is 0.926. The molecule has 0 amide bonds. The van der Waals surface area contributed by atoms with Crippen molar-refractivity contribution in [2.75, 3.05) is 0 Å². The van der Waals surface area contributed by atoms with Crippen LogP contribution in [0.1, 0.15) is 15.9 Å². The van der Waals surface area contributed by atoms with E-state index in [4.69, 9.17) is 0 Å². The highest BCUT2D eigenvalue weighted by atomic mass is 79.9. The van der Waals surface area contributed by atoms with Gasteiger partial charge < -0.3 is 0 Å². The molecule has 0 aromatic heterocycles. The molecule has 0 aliphatic carbocycles. The highest BCUT2D eigenvalue weighted by molar-refractivity contribution is 9.10. The molecule has 102 valence electrons. The monoisotopic (exact) mass is 336 g/mol. The van der Waals surface area contributed by atoms with Crippen molar-refractivity contribution in [2.24, 2.45) is 0 Å². The Morgan fingerprint density at radius 2 is 1.33 bits per heavy atom. The number of benzene rings is 3. The quantitative estimate of drug-likeness (QED) is 0.589. The number of carbonyl (C=O) groups is 1. The van der Waals surface area contributed by atoms with Crippen LogP contribution in [-0.4, -0.2) is 5.78 Å². The van der Waals surface area contributed by atoms with Gasteiger partial charge in [0, 0.05) is 15.6 Å². The van der Waals surface area contributed by atoms with Gasteiger partial charge in [-0.15, -0.1) is 0 Å². The molecule has 0 heterocycles. The zero-order chi connectivity index (χ0) is 14.7. The Morgan fingerprint density at radius 1 is 0.714 bits per heavy atom. The van der Waals surface area contributed by atoms with E-state index in [0.29, 0.717) is 11.1 Å². The lowest BCUT2D eigenvalue weighted by molar-refractivity contribution is 0.103. The van der Waals surface area contributed by atoms with Gasteiger partial charge >= 0.3 is 0 Å². The van der Waals surface area contributed by atoms with Crippen LogP contribution in [0.4, 0.5) is 0 Å². The minimum atomic E-state index is 0.0379. The fraction of sp³-hybridized carbons (Fsp3) is 0. The molecule has 0 unspecified atom stereocenters. The first-order valence-electron chi connectivity index (χ1n) is 6.70. The molecule has 0 aliphatic rings. The van der Waals surface area contributed by atoms with Crippen LogP contribution >= 0.6 is 15.9 Å². The second kappa shape index (κ2) is 6.06. The van der Waals surface area contributed by atoms with Crippen LogP contribution in [0, 0.1) is 0 Å². The summed E-state index contributed by atoms with van der Waals surface area (Å²) in [6.45, 7) is 0. The van der Waals surface area contributed by atoms with E-state index >= 15 is 0 Å². The fourth-order valence-corrected chi connectivity index (χ4v) is 2.87. The van der Waals surface area contributed by atoms with Crippen molar-refractivity contribution < 1.29 is 4.79 Å². The summed E-state index contributed by atoms with van der Waals surface area (Å²) >= 11 is 3.57. The van der Waals surface area contributed by atoms with Crippen molar-refractivity contribution in [3.8, 4) is 11.1 Å². The van der Waals surface area contributed by atoms with Crippen LogP contribution in [0.5, 0.6) is 0 Å². The molecule has 0 saturated heterocycles. The predicted octanol–water partition coefficient (Wildman–Crippen LogP) is 5.35. The maximum absolute atomic E-state index is 12.4. The van der Waals surface area contributed by atoms with Crippen LogP contribution in [0.15, 0.2) is 83.3 Å². The molecule has 0 bridgehead atoms. The summed E-state index contributed by atoms with van der Waals surface area (Å²) in [6, 6.07) is 25.2. The fourth-order valence-electron chi connectivity index (χ4n) is 2.26. The number of carbonyl (C=O) groups excluding carboxylic acids is 1. The molecule has 0 saturated carbocycles. The lowest BCUT2D eigenvalue weighted by atomic mass is 9.99. The zero-order valence-electron chi connectivity index (χ0n) is 11.3. The second-order valence-corrected chi connectivity index (χ2v) is 5.61. The maximum atomic E-state index is 12.4. The zero-order valence-corrected chi connectivity index (χ0v) is 12.9. The van der Waals surface area contributed by atoms with Gasteiger partial charge in [-0.3, -0.25) is 4.79 Å². The van der Waals surface area contributed by atoms with Crippen molar-refractivity contribution >= 4 is 21.7 Å². The number of hydrogen-bond donors (Lipinski definition) is 0. The summed E-state index contributed by atoms with van der Waals surface area (Å²) in [5.74, 6) is 0.0379. The third-order valence-corrected chi connectivity index (χ3v) is 4.01. The van der Waals surface area contributed by atoms with Crippen molar-refractivity contribution in [1.82, 2.24) is 0 Å². The van der Waals surface area contributed by atoms with E-state index in [0.717, 1.165) is 15.6 Å². The Morgan fingerprint density at radius 3 is 1.95 bits per heavy atom. The lowest BCUT2D eigenvalue weighted by Gasteiger charge is -2.07. The SMILES string of the molecule is O=C(c1ccccc1)c1ccc(-c2ccccc2)c(Br)c1. The Kier molecular flexibility index (Phi) is 3.98. The first-order valence-corrected chi connectivity index (χ1v) is 7.50. The summed E-state index contributed by atoms with van der Waals surface area (Å²) in [6.07, 6.45) is 0. The van der Waals surface area contributed by atoms with E-state index in [9.17, 15) is 4.79 Å². The number of rotatable bonds is 3. The highest BCUT2D eigenvalue weighted by Gasteiger charge is 2.11. The average molecular weight is 337 g/mol. The van der Waals surface area contributed by atoms with E-state index in [1.165, 1.54) is 0 Å². The molecule has 3 aromatic rings. The topological polar surface area (TPSA) is 17.1 Å². The molecule has 0 atom stereocenters. The lowest BCUT2D eigenvalue weighted by Crippen LogP contribution is -2.01. The molecule has 21 heavy (non-hydrogen) atoms. The third-order valence-electron chi connectivity index (χ3n) is 3.35. The van der Waals surface area contributed by atoms with E-state index < -0.39 is 0 Å². The van der Waals surface area contributed by atoms with Crippen LogP contribution in [0.25, 0.3) is 11.1 Å². The Labute approximate surface area is 132 Å². The predicted molar refractivity (Wildman–Crippen MR) is 89.5 cm³/mol. The van der Waals surface area contributed by atoms with Gasteiger partial charge in [0.2, 0.25) is 0 Å². The molecule has 3 aromatic carbocycles. The van der Waals surface area contributed by atoms with Crippen molar-refractivity contribution in [2.45, 2.75) is 0 Å². The number of halogens is 1. The molecule has 0 fully saturated rings. The molecule has 0 aliphatic heterocycles. The van der Waals surface area contributed by atoms with Gasteiger partial charge in [-0.05, 0) is 17.2 Å². The summed E-state index contributed by atoms with van der Waals surface area (Å²) in [5, 5.41) is 0. The van der Waals surface area contributed by atoms with Crippen molar-refractivity contribution in [3.05, 3.63) is 94.5 Å². The summed E-state index contributed by atoms with van der Waals surface area (Å²) in [5.41, 5.74) is 3.60. The van der Waals surface area contributed by atoms with E-state index in [1.807, 2.05) is 66.7 Å². The minimum Gasteiger partial charge on any atom is -0.289 e. The Hall–Kier alpha value is -2.19. The molecule has 1 nitrogen and oxygen atoms in total. The molecular formula is C19H13BrO. The Balaban J connectivity index is 1.97. The maximum Gasteiger partial charge on any atom is 0.193 e. The standard InChI is InChI=1S/C19H13BrO/c20-18-13-16(19(21)15-9-5-2-6-10-15)11-12-17(18)14-7-3-1-4-8-14/h1-13H. The van der Waals surface area contributed by atoms with E-state index in [1.54, 1.807) is 0 Å². The number of ketones is 1. The second-order valence-electron chi connectivity index (χ2n) is 4.76. The van der Waals surface area contributed by atoms with Gasteiger partial charge in [0.05, 0.1) is 0 Å². The first-order chi connectivity index (χ1) is 10.3. The molecular weight excluding hydrogens is 324 g/mol. The van der Waals surface area contributed by atoms with Crippen LogP contribution < -0.4 is 0 Å². The smallest absolute Gasteiger partial charge is 0.193 e. The average Bonchev–Trinajstić information content (AvgIpc) is 2.55. The van der Waals surface area contributed by atoms with Gasteiger partial charge in [-0.2, -0.15) is 0 Å². The Bertz CT molecular complexity index is 764. The molecule has 0 spiro atoms. The van der Waals surface area contributed by atoms with Crippen LogP contribution in [-0.2, 0) is 0 Å². The van der Waals surface area contributed by atoms with Gasteiger partial charge in [0.1, 0.15) is 0 Å². The molecule has 2 heteroatoms. The normalized spacial score (nSPS) is 10.3. The highest BCUT2D eigenvalue weighted by Crippen LogP contribution is 2.29. The van der Waals surface area contributed by atoms with Gasteiger partial charge in [0.15, 0.2) is 5.78 Å². The first kappa shape index (κ1) is 13.8. The third kappa shape index (κ3) is 2.96. The van der Waals surface area contributed by atoms with E-state index in [-0.39, 0.29) is 5.78 Å². The van der Waals surface area contributed by atoms with E-state index in [2.05, 4.69) is 28.1 Å². The number of hydrogen-bond acceptors (Lipinski definition) is 1. The van der Waals surface area contributed by atoms with Gasteiger partial charge in [0.25, 0.3) is 0 Å². The largest absolute Gasteiger partial charge is 0.289 e. The van der Waals surface area contributed by atoms with Crippen LogP contribution in [0.2, 0.25) is 0 Å². The minimum absolute atomic E-state index is 0.0379. The van der Waals surface area contributed by atoms with Gasteiger partial charge in [-0.25, -0.2) is 0 Å².